The zero-order valence-electron chi connectivity index (χ0n) is 13.8. The molecular formula is C17H22N4O3S. The average Bonchev–Trinajstić information content (AvgIpc) is 3.02. The SMILES string of the molecule is O=C(CCSCc1nc2ccccc2c(=O)[nH]1)NCC1CNCC1O. The summed E-state index contributed by atoms with van der Waals surface area (Å²) < 4.78 is 0. The van der Waals surface area contributed by atoms with Gasteiger partial charge in [0.2, 0.25) is 5.91 Å². The van der Waals surface area contributed by atoms with Crippen molar-refractivity contribution in [1.29, 1.82) is 0 Å². The third-order valence-electron chi connectivity index (χ3n) is 4.24. The van der Waals surface area contributed by atoms with Gasteiger partial charge in [-0.3, -0.25) is 9.59 Å². The number of hydrogen-bond donors (Lipinski definition) is 4. The van der Waals surface area contributed by atoms with Crippen LogP contribution in [0.15, 0.2) is 29.1 Å². The van der Waals surface area contributed by atoms with Crippen molar-refractivity contribution >= 4 is 28.6 Å². The molecule has 3 rings (SSSR count). The highest BCUT2D eigenvalue weighted by atomic mass is 32.2. The molecular weight excluding hydrogens is 340 g/mol. The maximum Gasteiger partial charge on any atom is 0.258 e. The van der Waals surface area contributed by atoms with Gasteiger partial charge in [-0.05, 0) is 12.1 Å². The number of amides is 1. The molecule has 2 atom stereocenters. The number of hydrogen-bond acceptors (Lipinski definition) is 6. The van der Waals surface area contributed by atoms with E-state index in [4.69, 9.17) is 0 Å². The molecule has 1 aliphatic rings. The van der Waals surface area contributed by atoms with E-state index in [9.17, 15) is 14.7 Å². The topological polar surface area (TPSA) is 107 Å². The molecule has 1 saturated heterocycles. The highest BCUT2D eigenvalue weighted by Crippen LogP contribution is 2.12. The maximum atomic E-state index is 12.0. The molecule has 0 saturated carbocycles. The number of aromatic amines is 1. The number of carbonyl (C=O) groups is 1. The number of aromatic nitrogens is 2. The summed E-state index contributed by atoms with van der Waals surface area (Å²) in [5.74, 6) is 1.89. The molecule has 1 amide bonds. The highest BCUT2D eigenvalue weighted by molar-refractivity contribution is 7.98. The van der Waals surface area contributed by atoms with Gasteiger partial charge in [0.1, 0.15) is 5.82 Å². The van der Waals surface area contributed by atoms with Crippen molar-refractivity contribution in [3.8, 4) is 0 Å². The van der Waals surface area contributed by atoms with Crippen LogP contribution in [0.2, 0.25) is 0 Å². The molecule has 4 N–H and O–H groups in total. The second-order valence-corrected chi connectivity index (χ2v) is 7.23. The van der Waals surface area contributed by atoms with Crippen LogP contribution in [0, 0.1) is 5.92 Å². The largest absolute Gasteiger partial charge is 0.391 e. The normalized spacial score (nSPS) is 20.0. The molecule has 2 unspecified atom stereocenters. The molecule has 25 heavy (non-hydrogen) atoms. The molecule has 0 aliphatic carbocycles. The summed E-state index contributed by atoms with van der Waals surface area (Å²) in [7, 11) is 0. The van der Waals surface area contributed by atoms with E-state index < -0.39 is 0 Å². The summed E-state index contributed by atoms with van der Waals surface area (Å²) in [6.45, 7) is 1.82. The van der Waals surface area contributed by atoms with Crippen LogP contribution in [0.5, 0.6) is 0 Å². The van der Waals surface area contributed by atoms with Gasteiger partial charge in [-0.25, -0.2) is 4.98 Å². The number of para-hydroxylation sites is 1. The van der Waals surface area contributed by atoms with Crippen molar-refractivity contribution in [1.82, 2.24) is 20.6 Å². The number of aliphatic hydroxyl groups is 1. The first-order chi connectivity index (χ1) is 12.1. The molecule has 1 aromatic carbocycles. The molecule has 0 spiro atoms. The second-order valence-electron chi connectivity index (χ2n) is 6.12. The Balaban J connectivity index is 1.41. The van der Waals surface area contributed by atoms with Crippen LogP contribution in [0.25, 0.3) is 10.9 Å². The number of β-amino-alcohol motifs (C(OH)–C–C–N with tert-alkyl or cyclic N) is 1. The van der Waals surface area contributed by atoms with Gasteiger partial charge in [0.15, 0.2) is 0 Å². The third-order valence-corrected chi connectivity index (χ3v) is 5.21. The average molecular weight is 362 g/mol. The first-order valence-corrected chi connectivity index (χ1v) is 9.50. The molecule has 7 nitrogen and oxygen atoms in total. The Morgan fingerprint density at radius 2 is 2.20 bits per heavy atom. The summed E-state index contributed by atoms with van der Waals surface area (Å²) in [5.41, 5.74) is 0.547. The van der Waals surface area contributed by atoms with E-state index >= 15 is 0 Å². The van der Waals surface area contributed by atoms with E-state index in [0.29, 0.717) is 47.7 Å². The quantitative estimate of drug-likeness (QED) is 0.526. The molecule has 1 aromatic heterocycles. The molecule has 1 aliphatic heterocycles. The number of rotatable bonds is 7. The van der Waals surface area contributed by atoms with Crippen LogP contribution in [-0.2, 0) is 10.5 Å². The van der Waals surface area contributed by atoms with E-state index in [-0.39, 0.29) is 23.5 Å². The summed E-state index contributed by atoms with van der Waals surface area (Å²) in [6, 6.07) is 7.23. The Kier molecular flexibility index (Phi) is 6.06. The van der Waals surface area contributed by atoms with Crippen molar-refractivity contribution in [2.75, 3.05) is 25.4 Å². The van der Waals surface area contributed by atoms with Crippen LogP contribution in [0.3, 0.4) is 0 Å². The number of nitrogens with zero attached hydrogens (tertiary/aromatic N) is 1. The lowest BCUT2D eigenvalue weighted by atomic mass is 10.1. The molecule has 8 heteroatoms. The molecule has 2 heterocycles. The summed E-state index contributed by atoms with van der Waals surface area (Å²) in [5, 5.41) is 16.2. The van der Waals surface area contributed by atoms with Crippen LogP contribution in [0.1, 0.15) is 12.2 Å². The number of H-pyrrole nitrogens is 1. The van der Waals surface area contributed by atoms with E-state index in [1.165, 1.54) is 0 Å². The smallest absolute Gasteiger partial charge is 0.258 e. The molecule has 0 bridgehead atoms. The van der Waals surface area contributed by atoms with Crippen LogP contribution in [-0.4, -0.2) is 52.5 Å². The van der Waals surface area contributed by atoms with Gasteiger partial charge in [0.25, 0.3) is 5.56 Å². The van der Waals surface area contributed by atoms with Crippen molar-refractivity contribution in [3.05, 3.63) is 40.4 Å². The van der Waals surface area contributed by atoms with Crippen LogP contribution in [0.4, 0.5) is 0 Å². The fourth-order valence-corrected chi connectivity index (χ4v) is 3.60. The Hall–Kier alpha value is -1.90. The van der Waals surface area contributed by atoms with Gasteiger partial charge in [-0.1, -0.05) is 12.1 Å². The first kappa shape index (κ1) is 17.9. The molecule has 134 valence electrons. The van der Waals surface area contributed by atoms with Crippen molar-refractivity contribution in [2.45, 2.75) is 18.3 Å². The lowest BCUT2D eigenvalue weighted by molar-refractivity contribution is -0.120. The minimum atomic E-state index is -0.384. The summed E-state index contributed by atoms with van der Waals surface area (Å²) in [6.07, 6.45) is 0.0177. The van der Waals surface area contributed by atoms with Gasteiger partial charge in [-0.2, -0.15) is 11.8 Å². The fourth-order valence-electron chi connectivity index (χ4n) is 2.80. The minimum Gasteiger partial charge on any atom is -0.391 e. The standard InChI is InChI=1S/C17H22N4O3S/c22-14-9-18-7-11(14)8-19-16(23)5-6-25-10-15-20-13-4-2-1-3-12(13)17(24)21-15/h1-4,11,14,18,22H,5-10H2,(H,19,23)(H,20,21,24). The van der Waals surface area contributed by atoms with Gasteiger partial charge in [0, 0.05) is 37.7 Å². The Morgan fingerprint density at radius 3 is 3.00 bits per heavy atom. The number of aliphatic hydroxyl groups excluding tert-OH is 1. The number of thioether (sulfide) groups is 1. The zero-order valence-corrected chi connectivity index (χ0v) is 14.6. The predicted molar refractivity (Wildman–Crippen MR) is 98.5 cm³/mol. The Morgan fingerprint density at radius 1 is 1.36 bits per heavy atom. The van der Waals surface area contributed by atoms with Crippen LogP contribution >= 0.6 is 11.8 Å². The Labute approximate surface area is 149 Å². The first-order valence-electron chi connectivity index (χ1n) is 8.34. The third kappa shape index (κ3) is 4.81. The van der Waals surface area contributed by atoms with Gasteiger partial charge in [-0.15, -0.1) is 0 Å². The number of benzene rings is 1. The monoisotopic (exact) mass is 362 g/mol. The van der Waals surface area contributed by atoms with Crippen LogP contribution < -0.4 is 16.2 Å². The number of fused-ring (bicyclic) bond motifs is 1. The van der Waals surface area contributed by atoms with Crippen molar-refractivity contribution in [3.63, 3.8) is 0 Å². The van der Waals surface area contributed by atoms with E-state index in [0.717, 1.165) is 6.54 Å². The highest BCUT2D eigenvalue weighted by Gasteiger charge is 2.24. The lowest BCUT2D eigenvalue weighted by Gasteiger charge is -2.13. The van der Waals surface area contributed by atoms with Crippen molar-refractivity contribution in [2.24, 2.45) is 5.92 Å². The van der Waals surface area contributed by atoms with Gasteiger partial charge in [0.05, 0.1) is 22.8 Å². The maximum absolute atomic E-state index is 12.0. The molecule has 1 fully saturated rings. The predicted octanol–water partition coefficient (Wildman–Crippen LogP) is 0.243. The molecule has 0 radical (unpaired) electrons. The van der Waals surface area contributed by atoms with Crippen molar-refractivity contribution < 1.29 is 9.90 Å². The second kappa shape index (κ2) is 8.46. The van der Waals surface area contributed by atoms with Gasteiger partial charge >= 0.3 is 0 Å². The summed E-state index contributed by atoms with van der Waals surface area (Å²) in [4.78, 5) is 31.1. The fraction of sp³-hybridized carbons (Fsp3) is 0.471. The van der Waals surface area contributed by atoms with E-state index in [2.05, 4.69) is 20.6 Å². The Bertz CT molecular complexity index is 795. The van der Waals surface area contributed by atoms with E-state index in [1.54, 1.807) is 17.8 Å². The van der Waals surface area contributed by atoms with Gasteiger partial charge < -0.3 is 20.7 Å². The minimum absolute atomic E-state index is 0.0217. The van der Waals surface area contributed by atoms with E-state index in [1.807, 2.05) is 18.2 Å². The number of nitrogens with one attached hydrogen (secondary N) is 3. The summed E-state index contributed by atoms with van der Waals surface area (Å²) >= 11 is 1.56. The zero-order chi connectivity index (χ0) is 17.6. The molecule has 2 aromatic rings. The number of carbonyl (C=O) groups excluding carboxylic acids is 1. The lowest BCUT2D eigenvalue weighted by Crippen LogP contribution is -2.34.